The van der Waals surface area contributed by atoms with E-state index in [1.165, 1.54) is 5.48 Å². The molecule has 0 aromatic heterocycles. The number of nitrogens with two attached hydrogens (primary N) is 1. The van der Waals surface area contributed by atoms with Crippen molar-refractivity contribution < 1.29 is 24.8 Å². The van der Waals surface area contributed by atoms with E-state index in [9.17, 15) is 19.6 Å². The number of hydrogen-bond donors (Lipinski definition) is 6. The quantitative estimate of drug-likeness (QED) is 0.256. The number of nitrogens with zero attached hydrogens (tertiary/aromatic N) is 1. The summed E-state index contributed by atoms with van der Waals surface area (Å²) < 4.78 is 0. The zero-order valence-electron chi connectivity index (χ0n) is 17.3. The lowest BCUT2D eigenvalue weighted by Crippen LogP contribution is -2.51. The summed E-state index contributed by atoms with van der Waals surface area (Å²) in [6.45, 7) is 3.34. The molecule has 0 aliphatic carbocycles. The number of likely N-dealkylation sites (N-methyl/N-ethyl adjacent to an activating group) is 1. The zero-order chi connectivity index (χ0) is 23.0. The Bertz CT molecular complexity index is 899. The molecule has 3 amide bonds. The Morgan fingerprint density at radius 1 is 1.00 bits per heavy atom. The van der Waals surface area contributed by atoms with Crippen molar-refractivity contribution in [1.82, 2.24) is 15.9 Å². The Hall–Kier alpha value is -3.31. The number of anilines is 1. The summed E-state index contributed by atoms with van der Waals surface area (Å²) in [4.78, 5) is 35.9. The molecule has 2 atom stereocenters. The van der Waals surface area contributed by atoms with Gasteiger partial charge in [-0.05, 0) is 42.3 Å². The average molecular weight is 429 g/mol. The number of rotatable bonds is 9. The van der Waals surface area contributed by atoms with Crippen LogP contribution in [0.3, 0.4) is 0 Å². The second-order valence-corrected chi connectivity index (χ2v) is 6.94. The van der Waals surface area contributed by atoms with Gasteiger partial charge in [-0.1, -0.05) is 31.2 Å². The lowest BCUT2D eigenvalue weighted by molar-refractivity contribution is -0.137. The first-order valence-corrected chi connectivity index (χ1v) is 9.70. The molecule has 10 nitrogen and oxygen atoms in total. The maximum absolute atomic E-state index is 12.5. The normalized spacial score (nSPS) is 12.7. The Balaban J connectivity index is 2.07. The summed E-state index contributed by atoms with van der Waals surface area (Å²) in [7, 11) is 0. The molecule has 10 heteroatoms. The SMILES string of the molecule is CCN(O)C[C@H](NC(=O)c1ccc(-c2ccc(NC(=O)[C@H](C)N)cc2)cc1)C(=O)NO. The van der Waals surface area contributed by atoms with E-state index in [1.807, 2.05) is 12.1 Å². The van der Waals surface area contributed by atoms with Gasteiger partial charge in [0.05, 0.1) is 12.6 Å². The molecule has 2 aromatic rings. The predicted molar refractivity (Wildman–Crippen MR) is 114 cm³/mol. The highest BCUT2D eigenvalue weighted by Gasteiger charge is 2.23. The first-order valence-electron chi connectivity index (χ1n) is 9.70. The van der Waals surface area contributed by atoms with E-state index >= 15 is 0 Å². The van der Waals surface area contributed by atoms with Crippen molar-refractivity contribution in [3.63, 3.8) is 0 Å². The lowest BCUT2D eigenvalue weighted by Gasteiger charge is -2.21. The molecule has 0 spiro atoms. The smallest absolute Gasteiger partial charge is 0.267 e. The minimum Gasteiger partial charge on any atom is -0.339 e. The van der Waals surface area contributed by atoms with Crippen LogP contribution in [0.1, 0.15) is 24.2 Å². The summed E-state index contributed by atoms with van der Waals surface area (Å²) in [5, 5.41) is 24.5. The zero-order valence-corrected chi connectivity index (χ0v) is 17.3. The second-order valence-electron chi connectivity index (χ2n) is 6.94. The first-order chi connectivity index (χ1) is 14.7. The van der Waals surface area contributed by atoms with Crippen LogP contribution in [0, 0.1) is 0 Å². The van der Waals surface area contributed by atoms with Gasteiger partial charge < -0.3 is 21.6 Å². The summed E-state index contributed by atoms with van der Waals surface area (Å²) in [6, 6.07) is 12.1. The fourth-order valence-corrected chi connectivity index (χ4v) is 2.67. The van der Waals surface area contributed by atoms with Crippen LogP contribution < -0.4 is 21.8 Å². The number of carbonyl (C=O) groups is 3. The van der Waals surface area contributed by atoms with Crippen molar-refractivity contribution in [3.05, 3.63) is 54.1 Å². The summed E-state index contributed by atoms with van der Waals surface area (Å²) in [5.74, 6) is -1.65. The van der Waals surface area contributed by atoms with Crippen LogP contribution in [-0.4, -0.2) is 58.4 Å². The van der Waals surface area contributed by atoms with Crippen molar-refractivity contribution in [1.29, 1.82) is 0 Å². The van der Waals surface area contributed by atoms with Gasteiger partial charge in [0.25, 0.3) is 11.8 Å². The molecule has 0 fully saturated rings. The van der Waals surface area contributed by atoms with Gasteiger partial charge in [0.1, 0.15) is 6.04 Å². The van der Waals surface area contributed by atoms with Gasteiger partial charge in [0, 0.05) is 17.8 Å². The Kier molecular flexibility index (Phi) is 8.64. The second kappa shape index (κ2) is 11.2. The standard InChI is InChI=1S/C21H27N5O5/c1-3-26(31)12-18(21(29)25-30)24-20(28)16-6-4-14(5-7-16)15-8-10-17(11-9-15)23-19(27)13(2)22/h4-11,13,18,30-31H,3,12,22H2,1-2H3,(H,23,27)(H,24,28)(H,25,29)/t13-,18-/m0/s1. The number of hydroxylamine groups is 3. The Morgan fingerprint density at radius 2 is 1.55 bits per heavy atom. The van der Waals surface area contributed by atoms with Gasteiger partial charge in [-0.25, -0.2) is 5.48 Å². The molecule has 166 valence electrons. The maximum Gasteiger partial charge on any atom is 0.267 e. The molecule has 0 heterocycles. The highest BCUT2D eigenvalue weighted by Crippen LogP contribution is 2.22. The molecular weight excluding hydrogens is 402 g/mol. The minimum atomic E-state index is -1.14. The van der Waals surface area contributed by atoms with Gasteiger partial charge in [-0.15, -0.1) is 0 Å². The highest BCUT2D eigenvalue weighted by molar-refractivity contribution is 5.98. The van der Waals surface area contributed by atoms with Gasteiger partial charge in [0.15, 0.2) is 0 Å². The number of amides is 3. The molecule has 0 saturated carbocycles. The monoisotopic (exact) mass is 429 g/mol. The third-order valence-corrected chi connectivity index (χ3v) is 4.54. The molecule has 0 unspecified atom stereocenters. The van der Waals surface area contributed by atoms with Crippen molar-refractivity contribution in [2.24, 2.45) is 5.73 Å². The number of nitrogens with one attached hydrogen (secondary N) is 3. The topological polar surface area (TPSA) is 157 Å². The van der Waals surface area contributed by atoms with Crippen LogP contribution >= 0.6 is 0 Å². The first kappa shape index (κ1) is 24.0. The maximum atomic E-state index is 12.5. The van der Waals surface area contributed by atoms with Crippen molar-refractivity contribution >= 4 is 23.4 Å². The summed E-state index contributed by atoms with van der Waals surface area (Å²) in [5.41, 5.74) is 9.67. The third kappa shape index (κ3) is 6.86. The van der Waals surface area contributed by atoms with E-state index in [-0.39, 0.29) is 19.0 Å². The van der Waals surface area contributed by atoms with Crippen molar-refractivity contribution in [2.75, 3.05) is 18.4 Å². The summed E-state index contributed by atoms with van der Waals surface area (Å²) >= 11 is 0. The fraction of sp³-hybridized carbons (Fsp3) is 0.286. The Morgan fingerprint density at radius 3 is 2.03 bits per heavy atom. The molecule has 31 heavy (non-hydrogen) atoms. The molecule has 2 aromatic carbocycles. The van der Waals surface area contributed by atoms with Crippen LogP contribution in [0.5, 0.6) is 0 Å². The van der Waals surface area contributed by atoms with Crippen LogP contribution in [0.2, 0.25) is 0 Å². The predicted octanol–water partition coefficient (Wildman–Crippen LogP) is 0.954. The number of carbonyl (C=O) groups excluding carboxylic acids is 3. The van der Waals surface area contributed by atoms with Crippen LogP contribution in [-0.2, 0) is 9.59 Å². The van der Waals surface area contributed by atoms with Crippen LogP contribution in [0.4, 0.5) is 5.69 Å². The molecule has 0 saturated heterocycles. The van der Waals surface area contributed by atoms with E-state index in [0.29, 0.717) is 11.3 Å². The van der Waals surface area contributed by atoms with Gasteiger partial charge in [-0.3, -0.25) is 19.6 Å². The molecule has 2 rings (SSSR count). The van der Waals surface area contributed by atoms with Gasteiger partial charge >= 0.3 is 0 Å². The Labute approximate surface area is 180 Å². The van der Waals surface area contributed by atoms with Crippen LogP contribution in [0.15, 0.2) is 48.5 Å². The minimum absolute atomic E-state index is 0.182. The van der Waals surface area contributed by atoms with E-state index in [2.05, 4.69) is 10.6 Å². The molecule has 0 radical (unpaired) electrons. The summed E-state index contributed by atoms with van der Waals surface area (Å²) in [6.07, 6.45) is 0. The number of hydrogen-bond acceptors (Lipinski definition) is 7. The molecule has 7 N–H and O–H groups in total. The third-order valence-electron chi connectivity index (χ3n) is 4.54. The fourth-order valence-electron chi connectivity index (χ4n) is 2.67. The van der Waals surface area contributed by atoms with E-state index < -0.39 is 23.9 Å². The van der Waals surface area contributed by atoms with Crippen molar-refractivity contribution in [2.45, 2.75) is 25.9 Å². The van der Waals surface area contributed by atoms with E-state index in [1.54, 1.807) is 50.2 Å². The molecular formula is C21H27N5O5. The molecule has 0 aliphatic heterocycles. The highest BCUT2D eigenvalue weighted by atomic mass is 16.5. The van der Waals surface area contributed by atoms with E-state index in [4.69, 9.17) is 10.9 Å². The van der Waals surface area contributed by atoms with Gasteiger partial charge in [0.2, 0.25) is 5.91 Å². The van der Waals surface area contributed by atoms with Crippen LogP contribution in [0.25, 0.3) is 11.1 Å². The largest absolute Gasteiger partial charge is 0.339 e. The average Bonchev–Trinajstić information content (AvgIpc) is 2.78. The lowest BCUT2D eigenvalue weighted by atomic mass is 10.0. The number of benzene rings is 2. The molecule has 0 bridgehead atoms. The van der Waals surface area contributed by atoms with E-state index in [0.717, 1.165) is 16.2 Å². The van der Waals surface area contributed by atoms with Gasteiger partial charge in [-0.2, -0.15) is 5.06 Å². The molecule has 0 aliphatic rings. The van der Waals surface area contributed by atoms with Crippen molar-refractivity contribution in [3.8, 4) is 11.1 Å².